The standard InChI is InChI=1S/C13H9NO9/c15-7-1-4(2-8(16)12(7)20)9(17)5-3-6(14(22)23)11(19)13(21)10(5)18/h1-3,15-16,18-21H. The van der Waals surface area contributed by atoms with E-state index in [4.69, 9.17) is 0 Å². The number of hydrogen-bond donors (Lipinski definition) is 6. The zero-order valence-corrected chi connectivity index (χ0v) is 11.1. The molecule has 0 saturated carbocycles. The van der Waals surface area contributed by atoms with E-state index >= 15 is 0 Å². The van der Waals surface area contributed by atoms with Crippen molar-refractivity contribution in [1.82, 2.24) is 0 Å². The second kappa shape index (κ2) is 5.26. The highest BCUT2D eigenvalue weighted by molar-refractivity contribution is 6.12. The minimum atomic E-state index is -1.27. The smallest absolute Gasteiger partial charge is 0.315 e. The fourth-order valence-electron chi connectivity index (χ4n) is 1.84. The predicted molar refractivity (Wildman–Crippen MR) is 73.0 cm³/mol. The Labute approximate surface area is 126 Å². The predicted octanol–water partition coefficient (Wildman–Crippen LogP) is 1.06. The number of carbonyl (C=O) groups is 1. The SMILES string of the molecule is O=C(c1cc(O)c(O)c(O)c1)c1cc([N+](=O)[O-])c(O)c(O)c1O. The quantitative estimate of drug-likeness (QED) is 0.208. The highest BCUT2D eigenvalue weighted by Crippen LogP contribution is 2.45. The molecule has 10 heteroatoms. The van der Waals surface area contributed by atoms with Gasteiger partial charge >= 0.3 is 5.69 Å². The van der Waals surface area contributed by atoms with E-state index in [1.165, 1.54) is 0 Å². The van der Waals surface area contributed by atoms with Gasteiger partial charge in [-0.3, -0.25) is 14.9 Å². The molecule has 0 bridgehead atoms. The lowest BCUT2D eigenvalue weighted by Gasteiger charge is -2.09. The van der Waals surface area contributed by atoms with E-state index in [-0.39, 0.29) is 0 Å². The minimum absolute atomic E-state index is 0.438. The summed E-state index contributed by atoms with van der Waals surface area (Å²) in [6, 6.07) is 2.01. The van der Waals surface area contributed by atoms with Crippen LogP contribution in [0.25, 0.3) is 0 Å². The summed E-state index contributed by atoms with van der Waals surface area (Å²) in [5.74, 6) is -7.30. The lowest BCUT2D eigenvalue weighted by Crippen LogP contribution is -2.03. The van der Waals surface area contributed by atoms with Gasteiger partial charge in [0.05, 0.1) is 10.5 Å². The Kier molecular flexibility index (Phi) is 3.59. The molecule has 2 rings (SSSR count). The van der Waals surface area contributed by atoms with E-state index in [2.05, 4.69) is 0 Å². The second-order valence-corrected chi connectivity index (χ2v) is 4.44. The van der Waals surface area contributed by atoms with Crippen LogP contribution < -0.4 is 0 Å². The fourth-order valence-corrected chi connectivity index (χ4v) is 1.84. The number of carbonyl (C=O) groups excluding carboxylic acids is 1. The summed E-state index contributed by atoms with van der Waals surface area (Å²) in [5, 5.41) is 67.2. The van der Waals surface area contributed by atoms with Gasteiger partial charge in [0, 0.05) is 11.6 Å². The van der Waals surface area contributed by atoms with Crippen LogP contribution >= 0.6 is 0 Å². The van der Waals surface area contributed by atoms with Gasteiger partial charge in [0.2, 0.25) is 11.5 Å². The fraction of sp³-hybridized carbons (Fsp3) is 0. The van der Waals surface area contributed by atoms with Gasteiger partial charge in [0.15, 0.2) is 28.8 Å². The first-order valence-corrected chi connectivity index (χ1v) is 5.87. The van der Waals surface area contributed by atoms with Gasteiger partial charge in [-0.15, -0.1) is 0 Å². The molecule has 6 N–H and O–H groups in total. The number of aromatic hydroxyl groups is 6. The zero-order valence-electron chi connectivity index (χ0n) is 11.1. The molecular formula is C13H9NO9. The number of hydrogen-bond acceptors (Lipinski definition) is 9. The minimum Gasteiger partial charge on any atom is -0.504 e. The van der Waals surface area contributed by atoms with Crippen LogP contribution in [0.3, 0.4) is 0 Å². The van der Waals surface area contributed by atoms with Crippen LogP contribution in [-0.4, -0.2) is 41.3 Å². The van der Waals surface area contributed by atoms with E-state index in [0.717, 1.165) is 12.1 Å². The Morgan fingerprint density at radius 2 is 1.35 bits per heavy atom. The summed E-state index contributed by atoms with van der Waals surface area (Å²) >= 11 is 0. The average Bonchev–Trinajstić information content (AvgIpc) is 2.49. The molecule has 0 aliphatic heterocycles. The summed E-state index contributed by atoms with van der Waals surface area (Å²) in [7, 11) is 0. The van der Waals surface area contributed by atoms with Crippen molar-refractivity contribution in [1.29, 1.82) is 0 Å². The van der Waals surface area contributed by atoms with Crippen LogP contribution in [0.1, 0.15) is 15.9 Å². The van der Waals surface area contributed by atoms with Crippen LogP contribution in [-0.2, 0) is 0 Å². The van der Waals surface area contributed by atoms with Crippen molar-refractivity contribution in [3.63, 3.8) is 0 Å². The molecule has 0 saturated heterocycles. The summed E-state index contributed by atoms with van der Waals surface area (Å²) in [4.78, 5) is 21.9. The van der Waals surface area contributed by atoms with Crippen molar-refractivity contribution in [2.45, 2.75) is 0 Å². The number of nitrogens with zero attached hydrogens (tertiary/aromatic N) is 1. The van der Waals surface area contributed by atoms with Gasteiger partial charge in [-0.25, -0.2) is 0 Å². The van der Waals surface area contributed by atoms with E-state index in [9.17, 15) is 45.5 Å². The van der Waals surface area contributed by atoms with Gasteiger partial charge < -0.3 is 30.6 Å². The molecule has 0 fully saturated rings. The Morgan fingerprint density at radius 1 is 0.826 bits per heavy atom. The van der Waals surface area contributed by atoms with E-state index < -0.39 is 62.0 Å². The molecule has 0 amide bonds. The molecule has 2 aromatic rings. The molecular weight excluding hydrogens is 314 g/mol. The number of phenolic OH excluding ortho intramolecular Hbond substituents is 6. The van der Waals surface area contributed by atoms with E-state index in [1.807, 2.05) is 0 Å². The van der Waals surface area contributed by atoms with Crippen LogP contribution in [0.5, 0.6) is 34.5 Å². The van der Waals surface area contributed by atoms with E-state index in [0.29, 0.717) is 6.07 Å². The Balaban J connectivity index is 2.67. The molecule has 0 aromatic heterocycles. The largest absolute Gasteiger partial charge is 0.504 e. The van der Waals surface area contributed by atoms with Crippen molar-refractivity contribution < 1.29 is 40.4 Å². The molecule has 0 spiro atoms. The van der Waals surface area contributed by atoms with Crippen molar-refractivity contribution >= 4 is 11.5 Å². The normalized spacial score (nSPS) is 10.4. The number of phenols is 6. The third kappa shape index (κ3) is 2.48. The summed E-state index contributed by atoms with van der Waals surface area (Å²) in [6.07, 6.45) is 0. The molecule has 0 radical (unpaired) electrons. The number of nitro benzene ring substituents is 1. The first-order chi connectivity index (χ1) is 10.6. The molecule has 23 heavy (non-hydrogen) atoms. The third-order valence-electron chi connectivity index (χ3n) is 3.00. The van der Waals surface area contributed by atoms with Crippen molar-refractivity contribution in [3.05, 3.63) is 39.4 Å². The summed E-state index contributed by atoms with van der Waals surface area (Å²) < 4.78 is 0. The van der Waals surface area contributed by atoms with Crippen molar-refractivity contribution in [3.8, 4) is 34.5 Å². The maximum Gasteiger partial charge on any atom is 0.315 e. The van der Waals surface area contributed by atoms with Gasteiger partial charge in [-0.1, -0.05) is 0 Å². The Hall–Kier alpha value is -3.69. The van der Waals surface area contributed by atoms with E-state index in [1.54, 1.807) is 0 Å². The van der Waals surface area contributed by atoms with Crippen LogP contribution in [0.2, 0.25) is 0 Å². The maximum atomic E-state index is 12.2. The number of rotatable bonds is 3. The van der Waals surface area contributed by atoms with Crippen LogP contribution in [0.4, 0.5) is 5.69 Å². The number of benzene rings is 2. The lowest BCUT2D eigenvalue weighted by atomic mass is 10.00. The molecule has 10 nitrogen and oxygen atoms in total. The lowest BCUT2D eigenvalue weighted by molar-refractivity contribution is -0.386. The molecule has 120 valence electrons. The van der Waals surface area contributed by atoms with Gasteiger partial charge in [-0.2, -0.15) is 0 Å². The van der Waals surface area contributed by atoms with Gasteiger partial charge in [-0.05, 0) is 12.1 Å². The van der Waals surface area contributed by atoms with Gasteiger partial charge in [0.25, 0.3) is 0 Å². The number of ketones is 1. The summed E-state index contributed by atoms with van der Waals surface area (Å²) in [5.41, 5.74) is -2.22. The van der Waals surface area contributed by atoms with Crippen molar-refractivity contribution in [2.24, 2.45) is 0 Å². The third-order valence-corrected chi connectivity index (χ3v) is 3.00. The molecule has 0 aliphatic carbocycles. The summed E-state index contributed by atoms with van der Waals surface area (Å²) in [6.45, 7) is 0. The number of nitro groups is 1. The second-order valence-electron chi connectivity index (χ2n) is 4.44. The molecule has 0 atom stereocenters. The molecule has 0 aliphatic rings. The zero-order chi connectivity index (χ0) is 17.5. The highest BCUT2D eigenvalue weighted by Gasteiger charge is 2.28. The van der Waals surface area contributed by atoms with Crippen LogP contribution in [0.15, 0.2) is 18.2 Å². The Morgan fingerprint density at radius 3 is 1.83 bits per heavy atom. The molecule has 0 heterocycles. The first-order valence-electron chi connectivity index (χ1n) is 5.87. The average molecular weight is 323 g/mol. The first kappa shape index (κ1) is 15.7. The van der Waals surface area contributed by atoms with Crippen molar-refractivity contribution in [2.75, 3.05) is 0 Å². The molecule has 0 unspecified atom stereocenters. The Bertz CT molecular complexity index is 821. The maximum absolute atomic E-state index is 12.2. The van der Waals surface area contributed by atoms with Gasteiger partial charge in [0.1, 0.15) is 0 Å². The van der Waals surface area contributed by atoms with Crippen LogP contribution in [0, 0.1) is 10.1 Å². The monoisotopic (exact) mass is 323 g/mol. The molecule has 2 aromatic carbocycles. The highest BCUT2D eigenvalue weighted by atomic mass is 16.6. The topological polar surface area (TPSA) is 182 Å².